The smallest absolute Gasteiger partial charge is 0.257 e. The first kappa shape index (κ1) is 16.2. The number of thiophene rings is 1. The van der Waals surface area contributed by atoms with Crippen LogP contribution in [0.4, 0.5) is 0 Å². The second-order valence-corrected chi connectivity index (χ2v) is 8.02. The Bertz CT molecular complexity index is 828. The van der Waals surface area contributed by atoms with Gasteiger partial charge in [-0.3, -0.25) is 9.89 Å². The average molecular weight is 411 g/mol. The van der Waals surface area contributed by atoms with Crippen LogP contribution in [0.15, 0.2) is 46.4 Å². The molecule has 2 aromatic heterocycles. The Morgan fingerprint density at radius 1 is 1.30 bits per heavy atom. The topological polar surface area (TPSA) is 49.0 Å². The number of hydrogen-bond donors (Lipinski definition) is 1. The summed E-state index contributed by atoms with van der Waals surface area (Å²) in [6, 6.07) is 11.3. The van der Waals surface area contributed by atoms with Gasteiger partial charge in [-0.05, 0) is 40.2 Å². The molecule has 23 heavy (non-hydrogen) atoms. The van der Waals surface area contributed by atoms with Gasteiger partial charge in [0.05, 0.1) is 27.8 Å². The van der Waals surface area contributed by atoms with Gasteiger partial charge < -0.3 is 4.90 Å². The lowest BCUT2D eigenvalue weighted by molar-refractivity contribution is 0.0787. The van der Waals surface area contributed by atoms with Crippen molar-refractivity contribution in [1.82, 2.24) is 15.1 Å². The summed E-state index contributed by atoms with van der Waals surface area (Å²) in [7, 11) is 1.79. The van der Waals surface area contributed by atoms with Crippen molar-refractivity contribution in [2.45, 2.75) is 6.54 Å². The van der Waals surface area contributed by atoms with Crippen molar-refractivity contribution in [2.24, 2.45) is 0 Å². The number of H-pyrrole nitrogens is 1. The van der Waals surface area contributed by atoms with Crippen molar-refractivity contribution in [2.75, 3.05) is 7.05 Å². The first-order valence-electron chi connectivity index (χ1n) is 6.83. The minimum Gasteiger partial charge on any atom is -0.336 e. The summed E-state index contributed by atoms with van der Waals surface area (Å²) < 4.78 is 1.05. The number of halogens is 2. The van der Waals surface area contributed by atoms with E-state index >= 15 is 0 Å². The molecule has 1 aromatic carbocycles. The zero-order valence-electron chi connectivity index (χ0n) is 12.2. The van der Waals surface area contributed by atoms with Gasteiger partial charge in [0.15, 0.2) is 0 Å². The largest absolute Gasteiger partial charge is 0.336 e. The normalized spacial score (nSPS) is 10.7. The van der Waals surface area contributed by atoms with Gasteiger partial charge in [-0.1, -0.05) is 23.7 Å². The minimum absolute atomic E-state index is 0.0757. The van der Waals surface area contributed by atoms with Crippen LogP contribution in [0.3, 0.4) is 0 Å². The third-order valence-electron chi connectivity index (χ3n) is 3.37. The summed E-state index contributed by atoms with van der Waals surface area (Å²) in [4.78, 5) is 15.5. The van der Waals surface area contributed by atoms with Crippen molar-refractivity contribution >= 4 is 44.8 Å². The first-order valence-corrected chi connectivity index (χ1v) is 8.82. The Kier molecular flexibility index (Phi) is 4.84. The highest BCUT2D eigenvalue weighted by Gasteiger charge is 2.19. The average Bonchev–Trinajstić information content (AvgIpc) is 3.16. The van der Waals surface area contributed by atoms with Crippen molar-refractivity contribution in [3.8, 4) is 11.3 Å². The molecule has 0 aliphatic carbocycles. The summed E-state index contributed by atoms with van der Waals surface area (Å²) >= 11 is 11.0. The van der Waals surface area contributed by atoms with Gasteiger partial charge >= 0.3 is 0 Å². The van der Waals surface area contributed by atoms with E-state index in [2.05, 4.69) is 26.1 Å². The number of amides is 1. The predicted molar refractivity (Wildman–Crippen MR) is 96.9 cm³/mol. The Labute approximate surface area is 151 Å². The highest BCUT2D eigenvalue weighted by Crippen LogP contribution is 2.26. The maximum atomic E-state index is 12.7. The molecular formula is C16H13BrClN3OS. The summed E-state index contributed by atoms with van der Waals surface area (Å²) in [5.74, 6) is -0.0757. The van der Waals surface area contributed by atoms with E-state index in [4.69, 9.17) is 11.6 Å². The van der Waals surface area contributed by atoms with Gasteiger partial charge in [0.25, 0.3) is 5.91 Å². The lowest BCUT2D eigenvalue weighted by Crippen LogP contribution is -2.25. The summed E-state index contributed by atoms with van der Waals surface area (Å²) in [5, 5.41) is 7.58. The highest BCUT2D eigenvalue weighted by atomic mass is 79.9. The zero-order chi connectivity index (χ0) is 16.4. The van der Waals surface area contributed by atoms with Crippen LogP contribution in [0.5, 0.6) is 0 Å². The fourth-order valence-corrected chi connectivity index (χ4v) is 3.90. The lowest BCUT2D eigenvalue weighted by Gasteiger charge is -2.16. The second kappa shape index (κ2) is 6.86. The summed E-state index contributed by atoms with van der Waals surface area (Å²) in [6.45, 7) is 0.556. The Hall–Kier alpha value is -1.63. The van der Waals surface area contributed by atoms with E-state index in [0.29, 0.717) is 22.8 Å². The number of rotatable bonds is 4. The van der Waals surface area contributed by atoms with Gasteiger partial charge in [-0.2, -0.15) is 5.10 Å². The van der Waals surface area contributed by atoms with E-state index in [1.165, 1.54) is 0 Å². The van der Waals surface area contributed by atoms with Crippen LogP contribution in [-0.2, 0) is 6.54 Å². The molecule has 0 saturated heterocycles. The van der Waals surface area contributed by atoms with Crippen LogP contribution < -0.4 is 0 Å². The molecule has 0 aliphatic rings. The number of nitrogens with zero attached hydrogens (tertiary/aromatic N) is 2. The molecule has 0 saturated carbocycles. The number of hydrogen-bond acceptors (Lipinski definition) is 3. The second-order valence-electron chi connectivity index (χ2n) is 5.03. The molecule has 3 aromatic rings. The van der Waals surface area contributed by atoms with Crippen LogP contribution in [0.2, 0.25) is 5.02 Å². The number of benzene rings is 1. The van der Waals surface area contributed by atoms with E-state index in [9.17, 15) is 4.79 Å². The van der Waals surface area contributed by atoms with Crippen LogP contribution in [0.1, 0.15) is 15.2 Å². The molecule has 0 atom stereocenters. The molecule has 2 heterocycles. The number of nitrogens with one attached hydrogen (secondary N) is 1. The van der Waals surface area contributed by atoms with E-state index in [1.807, 2.05) is 24.3 Å². The summed E-state index contributed by atoms with van der Waals surface area (Å²) in [6.07, 6.45) is 1.56. The SMILES string of the molecule is CN(Cc1ccc(Br)s1)C(=O)c1cn[nH]c1-c1ccc(Cl)cc1. The van der Waals surface area contributed by atoms with Gasteiger partial charge in [0, 0.05) is 22.5 Å². The highest BCUT2D eigenvalue weighted by molar-refractivity contribution is 9.11. The van der Waals surface area contributed by atoms with Crippen LogP contribution in [0.25, 0.3) is 11.3 Å². The van der Waals surface area contributed by atoms with E-state index in [1.54, 1.807) is 41.6 Å². The number of carbonyl (C=O) groups is 1. The van der Waals surface area contributed by atoms with E-state index in [0.717, 1.165) is 14.2 Å². The minimum atomic E-state index is -0.0757. The van der Waals surface area contributed by atoms with E-state index < -0.39 is 0 Å². The molecule has 1 N–H and O–H groups in total. The zero-order valence-corrected chi connectivity index (χ0v) is 15.4. The molecular weight excluding hydrogens is 398 g/mol. The number of aromatic nitrogens is 2. The fourth-order valence-electron chi connectivity index (χ4n) is 2.23. The molecule has 0 aliphatic heterocycles. The predicted octanol–water partition coefficient (Wildman–Crippen LogP) is 4.83. The number of aromatic amines is 1. The van der Waals surface area contributed by atoms with Crippen molar-refractivity contribution in [3.05, 3.63) is 61.8 Å². The molecule has 7 heteroatoms. The summed E-state index contributed by atoms with van der Waals surface area (Å²) in [5.41, 5.74) is 2.12. The molecule has 0 unspecified atom stereocenters. The fraction of sp³-hybridized carbons (Fsp3) is 0.125. The molecule has 118 valence electrons. The van der Waals surface area contributed by atoms with Gasteiger partial charge in [0.1, 0.15) is 0 Å². The third kappa shape index (κ3) is 3.65. The Morgan fingerprint density at radius 2 is 2.04 bits per heavy atom. The monoisotopic (exact) mass is 409 g/mol. The first-order chi connectivity index (χ1) is 11.0. The maximum absolute atomic E-state index is 12.7. The molecule has 0 fully saturated rings. The number of carbonyl (C=O) groups excluding carboxylic acids is 1. The molecule has 1 amide bonds. The van der Waals surface area contributed by atoms with Gasteiger partial charge in [-0.15, -0.1) is 11.3 Å². The Balaban J connectivity index is 1.82. The van der Waals surface area contributed by atoms with Crippen molar-refractivity contribution in [1.29, 1.82) is 0 Å². The molecule has 3 rings (SSSR count). The molecule has 0 bridgehead atoms. The van der Waals surface area contributed by atoms with Crippen molar-refractivity contribution in [3.63, 3.8) is 0 Å². The third-order valence-corrected chi connectivity index (χ3v) is 5.23. The molecule has 0 spiro atoms. The molecule has 4 nitrogen and oxygen atoms in total. The van der Waals surface area contributed by atoms with Gasteiger partial charge in [0.2, 0.25) is 0 Å². The van der Waals surface area contributed by atoms with Crippen LogP contribution in [-0.4, -0.2) is 28.1 Å². The standard InChI is InChI=1S/C16H13BrClN3OS/c1-21(9-12-6-7-14(17)23-12)16(22)13-8-19-20-15(13)10-2-4-11(18)5-3-10/h2-8H,9H2,1H3,(H,19,20). The maximum Gasteiger partial charge on any atom is 0.257 e. The lowest BCUT2D eigenvalue weighted by atomic mass is 10.1. The molecule has 0 radical (unpaired) electrons. The van der Waals surface area contributed by atoms with Crippen LogP contribution >= 0.6 is 38.9 Å². The quantitative estimate of drug-likeness (QED) is 0.670. The van der Waals surface area contributed by atoms with E-state index in [-0.39, 0.29) is 5.91 Å². The van der Waals surface area contributed by atoms with Gasteiger partial charge in [-0.25, -0.2) is 0 Å². The van der Waals surface area contributed by atoms with Crippen molar-refractivity contribution < 1.29 is 4.79 Å². The Morgan fingerprint density at radius 3 is 2.70 bits per heavy atom. The van der Waals surface area contributed by atoms with Crippen LogP contribution in [0, 0.1) is 0 Å².